The third-order valence-electron chi connectivity index (χ3n) is 5.17. The Balaban J connectivity index is 1.67. The molecule has 4 rings (SSSR count). The molecule has 0 N–H and O–H groups in total. The number of imidazole rings is 1. The third kappa shape index (κ3) is 4.18. The van der Waals surface area contributed by atoms with Gasteiger partial charge in [0.1, 0.15) is 5.65 Å². The van der Waals surface area contributed by atoms with Gasteiger partial charge in [0.25, 0.3) is 0 Å². The summed E-state index contributed by atoms with van der Waals surface area (Å²) in [6.45, 7) is 4.69. The van der Waals surface area contributed by atoms with Crippen LogP contribution >= 0.6 is 0 Å². The van der Waals surface area contributed by atoms with Gasteiger partial charge in [-0.1, -0.05) is 60.2 Å². The van der Waals surface area contributed by atoms with Gasteiger partial charge in [0, 0.05) is 31.4 Å². The van der Waals surface area contributed by atoms with E-state index in [-0.39, 0.29) is 5.91 Å². The second kappa shape index (κ2) is 8.37. The van der Waals surface area contributed by atoms with Crippen LogP contribution in [-0.2, 0) is 11.3 Å². The molecule has 0 unspecified atom stereocenters. The molecule has 0 aliphatic carbocycles. The monoisotopic (exact) mass is 395 g/mol. The van der Waals surface area contributed by atoms with Crippen LogP contribution in [0.15, 0.2) is 79.0 Å². The Labute approximate surface area is 177 Å². The number of rotatable bonds is 5. The van der Waals surface area contributed by atoms with Gasteiger partial charge in [-0.3, -0.25) is 9.20 Å². The Morgan fingerprint density at radius 2 is 1.73 bits per heavy atom. The Morgan fingerprint density at radius 1 is 1.00 bits per heavy atom. The number of benzene rings is 2. The second-order valence-electron chi connectivity index (χ2n) is 7.66. The van der Waals surface area contributed by atoms with E-state index in [1.54, 1.807) is 11.0 Å². The Morgan fingerprint density at radius 3 is 2.47 bits per heavy atom. The van der Waals surface area contributed by atoms with Gasteiger partial charge in [-0.2, -0.15) is 0 Å². The summed E-state index contributed by atoms with van der Waals surface area (Å²) < 4.78 is 2.03. The van der Waals surface area contributed by atoms with Crippen molar-refractivity contribution in [1.29, 1.82) is 0 Å². The molecule has 2 aromatic heterocycles. The van der Waals surface area contributed by atoms with E-state index in [0.29, 0.717) is 6.54 Å². The Kier molecular flexibility index (Phi) is 5.48. The highest BCUT2D eigenvalue weighted by molar-refractivity contribution is 5.92. The first-order valence-corrected chi connectivity index (χ1v) is 10.0. The Bertz CT molecular complexity index is 1200. The number of amides is 1. The summed E-state index contributed by atoms with van der Waals surface area (Å²) in [7, 11) is 1.82. The standard InChI is InChI=1S/C26H25N3O/c1-19-9-11-22(12-10-19)26-23(29-16-15-20(2)17-24(29)27-26)13-14-25(30)28(3)18-21-7-5-4-6-8-21/h4-17H,18H2,1-3H3/b14-13+. The normalized spacial score (nSPS) is 11.3. The molecule has 0 saturated carbocycles. The molecule has 0 saturated heterocycles. The number of carbonyl (C=O) groups excluding carboxylic acids is 1. The molecular weight excluding hydrogens is 370 g/mol. The van der Waals surface area contributed by atoms with Crippen LogP contribution in [0, 0.1) is 13.8 Å². The lowest BCUT2D eigenvalue weighted by molar-refractivity contribution is -0.125. The second-order valence-corrected chi connectivity index (χ2v) is 7.66. The van der Waals surface area contributed by atoms with Crippen molar-refractivity contribution in [2.45, 2.75) is 20.4 Å². The van der Waals surface area contributed by atoms with E-state index in [4.69, 9.17) is 4.98 Å². The van der Waals surface area contributed by atoms with E-state index in [2.05, 4.69) is 44.2 Å². The van der Waals surface area contributed by atoms with Gasteiger partial charge in [-0.05, 0) is 43.2 Å². The van der Waals surface area contributed by atoms with Gasteiger partial charge in [0.2, 0.25) is 5.91 Å². The summed E-state index contributed by atoms with van der Waals surface area (Å²) in [6.07, 6.45) is 5.51. The summed E-state index contributed by atoms with van der Waals surface area (Å²) in [5.74, 6) is -0.0456. The van der Waals surface area contributed by atoms with Crippen molar-refractivity contribution in [3.8, 4) is 11.3 Å². The van der Waals surface area contributed by atoms with Gasteiger partial charge in [0.15, 0.2) is 0 Å². The van der Waals surface area contributed by atoms with E-state index >= 15 is 0 Å². The minimum atomic E-state index is -0.0456. The van der Waals surface area contributed by atoms with Crippen molar-refractivity contribution in [2.24, 2.45) is 0 Å². The fourth-order valence-corrected chi connectivity index (χ4v) is 3.46. The molecule has 2 heterocycles. The highest BCUT2D eigenvalue weighted by Gasteiger charge is 2.13. The molecule has 150 valence electrons. The molecule has 2 aromatic carbocycles. The first-order valence-electron chi connectivity index (χ1n) is 10.0. The van der Waals surface area contributed by atoms with Gasteiger partial charge in [0.05, 0.1) is 11.4 Å². The van der Waals surface area contributed by atoms with Crippen LogP contribution in [-0.4, -0.2) is 27.2 Å². The van der Waals surface area contributed by atoms with Crippen molar-refractivity contribution < 1.29 is 4.79 Å². The number of hydrogen-bond donors (Lipinski definition) is 0. The van der Waals surface area contributed by atoms with Gasteiger partial charge >= 0.3 is 0 Å². The third-order valence-corrected chi connectivity index (χ3v) is 5.17. The van der Waals surface area contributed by atoms with E-state index in [0.717, 1.165) is 33.7 Å². The maximum Gasteiger partial charge on any atom is 0.246 e. The average Bonchev–Trinajstić information content (AvgIpc) is 3.10. The largest absolute Gasteiger partial charge is 0.338 e. The maximum atomic E-state index is 12.7. The zero-order chi connectivity index (χ0) is 21.1. The smallest absolute Gasteiger partial charge is 0.246 e. The highest BCUT2D eigenvalue weighted by Crippen LogP contribution is 2.26. The van der Waals surface area contributed by atoms with Crippen LogP contribution in [0.25, 0.3) is 23.0 Å². The zero-order valence-electron chi connectivity index (χ0n) is 17.5. The molecule has 4 nitrogen and oxygen atoms in total. The molecule has 0 bridgehead atoms. The van der Waals surface area contributed by atoms with E-state index in [1.807, 2.05) is 60.1 Å². The fourth-order valence-electron chi connectivity index (χ4n) is 3.46. The summed E-state index contributed by atoms with van der Waals surface area (Å²) in [6, 6.07) is 22.4. The Hall–Kier alpha value is -3.66. The van der Waals surface area contributed by atoms with Gasteiger partial charge in [-0.15, -0.1) is 0 Å². The molecule has 30 heavy (non-hydrogen) atoms. The quantitative estimate of drug-likeness (QED) is 0.431. The van der Waals surface area contributed by atoms with Crippen molar-refractivity contribution in [3.05, 3.63) is 101 Å². The number of aryl methyl sites for hydroxylation is 2. The highest BCUT2D eigenvalue weighted by atomic mass is 16.2. The summed E-state index contributed by atoms with van der Waals surface area (Å²) in [5, 5.41) is 0. The molecule has 0 atom stereocenters. The molecule has 4 heteroatoms. The van der Waals surface area contributed by atoms with E-state index in [9.17, 15) is 4.79 Å². The lowest BCUT2D eigenvalue weighted by Crippen LogP contribution is -2.24. The first-order chi connectivity index (χ1) is 14.5. The molecule has 4 aromatic rings. The number of carbonyl (C=O) groups is 1. The molecule has 0 spiro atoms. The molecule has 0 aliphatic rings. The minimum Gasteiger partial charge on any atom is -0.338 e. The molecule has 1 amide bonds. The van der Waals surface area contributed by atoms with Gasteiger partial charge < -0.3 is 4.90 Å². The zero-order valence-corrected chi connectivity index (χ0v) is 17.5. The predicted octanol–water partition coefficient (Wildman–Crippen LogP) is 5.29. The van der Waals surface area contributed by atoms with Gasteiger partial charge in [-0.25, -0.2) is 4.98 Å². The molecule has 0 fully saturated rings. The summed E-state index contributed by atoms with van der Waals surface area (Å²) in [5.41, 5.74) is 7.13. The average molecular weight is 396 g/mol. The van der Waals surface area contributed by atoms with Crippen LogP contribution in [0.3, 0.4) is 0 Å². The maximum absolute atomic E-state index is 12.7. The van der Waals surface area contributed by atoms with Crippen molar-refractivity contribution >= 4 is 17.6 Å². The molecule has 0 radical (unpaired) electrons. The van der Waals surface area contributed by atoms with Crippen LogP contribution < -0.4 is 0 Å². The summed E-state index contributed by atoms with van der Waals surface area (Å²) in [4.78, 5) is 19.3. The number of nitrogens with zero attached hydrogens (tertiary/aromatic N) is 3. The predicted molar refractivity (Wildman–Crippen MR) is 122 cm³/mol. The minimum absolute atomic E-state index is 0.0456. The molecule has 0 aliphatic heterocycles. The number of fused-ring (bicyclic) bond motifs is 1. The SMILES string of the molecule is Cc1ccc(-c2nc3cc(C)ccn3c2/C=C/C(=O)N(C)Cc2ccccc2)cc1. The van der Waals surface area contributed by atoms with Crippen molar-refractivity contribution in [3.63, 3.8) is 0 Å². The van der Waals surface area contributed by atoms with Crippen LogP contribution in [0.1, 0.15) is 22.4 Å². The first kappa shape index (κ1) is 19.6. The number of likely N-dealkylation sites (N-methyl/N-ethyl adjacent to an activating group) is 1. The van der Waals surface area contributed by atoms with E-state index in [1.165, 1.54) is 5.56 Å². The fraction of sp³-hybridized carbons (Fsp3) is 0.154. The number of pyridine rings is 1. The topological polar surface area (TPSA) is 37.6 Å². The van der Waals surface area contributed by atoms with Crippen LogP contribution in [0.5, 0.6) is 0 Å². The molecular formula is C26H25N3O. The van der Waals surface area contributed by atoms with E-state index < -0.39 is 0 Å². The number of aromatic nitrogens is 2. The number of hydrogen-bond acceptors (Lipinski definition) is 2. The summed E-state index contributed by atoms with van der Waals surface area (Å²) >= 11 is 0. The van der Waals surface area contributed by atoms with Crippen LogP contribution in [0.4, 0.5) is 0 Å². The van der Waals surface area contributed by atoms with Crippen LogP contribution in [0.2, 0.25) is 0 Å². The van der Waals surface area contributed by atoms with Crippen molar-refractivity contribution in [2.75, 3.05) is 7.05 Å². The lowest BCUT2D eigenvalue weighted by atomic mass is 10.1. The lowest BCUT2D eigenvalue weighted by Gasteiger charge is -2.15. The van der Waals surface area contributed by atoms with Crippen molar-refractivity contribution in [1.82, 2.24) is 14.3 Å².